The Balaban J connectivity index is 1.96. The van der Waals surface area contributed by atoms with Crippen molar-refractivity contribution in [2.45, 2.75) is 25.9 Å². The first-order valence-electron chi connectivity index (χ1n) is 6.70. The van der Waals surface area contributed by atoms with Crippen LogP contribution in [0.4, 0.5) is 0 Å². The van der Waals surface area contributed by atoms with Crippen LogP contribution in [0.3, 0.4) is 0 Å². The fourth-order valence-corrected chi connectivity index (χ4v) is 2.01. The molecule has 2 rings (SSSR count). The second-order valence-corrected chi connectivity index (χ2v) is 4.82. The number of rotatable bonds is 7. The quantitative estimate of drug-likeness (QED) is 0.838. The topological polar surface area (TPSA) is 62.3 Å². The molecule has 0 aliphatic carbocycles. The van der Waals surface area contributed by atoms with Crippen LogP contribution in [0.15, 0.2) is 36.9 Å². The number of imidazole rings is 1. The molecule has 0 bridgehead atoms. The third kappa shape index (κ3) is 3.99. The van der Waals surface area contributed by atoms with Gasteiger partial charge in [-0.15, -0.1) is 0 Å². The van der Waals surface area contributed by atoms with Crippen molar-refractivity contribution >= 4 is 0 Å². The highest BCUT2D eigenvalue weighted by Crippen LogP contribution is 2.28. The van der Waals surface area contributed by atoms with Gasteiger partial charge in [0.2, 0.25) is 0 Å². The summed E-state index contributed by atoms with van der Waals surface area (Å²) < 4.78 is 13.1. The number of hydrogen-bond donors (Lipinski definition) is 1. The highest BCUT2D eigenvalue weighted by atomic mass is 16.5. The van der Waals surface area contributed by atoms with Crippen molar-refractivity contribution in [1.82, 2.24) is 9.55 Å². The third-order valence-electron chi connectivity index (χ3n) is 2.95. The molecule has 0 saturated carbocycles. The third-order valence-corrected chi connectivity index (χ3v) is 2.95. The largest absolute Gasteiger partial charge is 0.493 e. The molecule has 1 heterocycles. The minimum Gasteiger partial charge on any atom is -0.493 e. The molecule has 0 fully saturated rings. The first kappa shape index (κ1) is 14.4. The van der Waals surface area contributed by atoms with Crippen molar-refractivity contribution in [1.29, 1.82) is 0 Å². The number of benzene rings is 1. The van der Waals surface area contributed by atoms with Crippen molar-refractivity contribution in [2.24, 2.45) is 5.73 Å². The van der Waals surface area contributed by atoms with E-state index in [4.69, 9.17) is 15.2 Å². The van der Waals surface area contributed by atoms with Gasteiger partial charge in [0.15, 0.2) is 11.5 Å². The minimum absolute atomic E-state index is 0.132. The van der Waals surface area contributed by atoms with E-state index in [0.717, 1.165) is 30.0 Å². The van der Waals surface area contributed by atoms with E-state index >= 15 is 0 Å². The molecule has 0 aliphatic heterocycles. The summed E-state index contributed by atoms with van der Waals surface area (Å²) in [5.41, 5.74) is 6.96. The number of methoxy groups -OCH3 is 1. The minimum atomic E-state index is 0.132. The lowest BCUT2D eigenvalue weighted by Crippen LogP contribution is -2.17. The Labute approximate surface area is 119 Å². The van der Waals surface area contributed by atoms with Crippen LogP contribution in [0.2, 0.25) is 0 Å². The maximum Gasteiger partial charge on any atom is 0.161 e. The van der Waals surface area contributed by atoms with Crippen LogP contribution in [0, 0.1) is 0 Å². The van der Waals surface area contributed by atoms with Gasteiger partial charge in [-0.05, 0) is 31.0 Å². The van der Waals surface area contributed by atoms with Gasteiger partial charge < -0.3 is 19.8 Å². The summed E-state index contributed by atoms with van der Waals surface area (Å²) in [6.45, 7) is 3.31. The summed E-state index contributed by atoms with van der Waals surface area (Å²) in [5.74, 6) is 1.50. The van der Waals surface area contributed by atoms with E-state index < -0.39 is 0 Å². The number of ether oxygens (including phenoxy) is 2. The Kier molecular flexibility index (Phi) is 5.01. The lowest BCUT2D eigenvalue weighted by molar-refractivity contribution is 0.279. The van der Waals surface area contributed by atoms with Crippen LogP contribution in [-0.2, 0) is 13.0 Å². The van der Waals surface area contributed by atoms with Gasteiger partial charge in [-0.3, -0.25) is 0 Å². The molecule has 108 valence electrons. The average Bonchev–Trinajstić information content (AvgIpc) is 2.92. The summed E-state index contributed by atoms with van der Waals surface area (Å²) in [6, 6.07) is 6.08. The Hall–Kier alpha value is -2.01. The maximum atomic E-state index is 5.81. The van der Waals surface area contributed by atoms with Gasteiger partial charge >= 0.3 is 0 Å². The van der Waals surface area contributed by atoms with Crippen molar-refractivity contribution < 1.29 is 9.47 Å². The molecular formula is C15H21N3O2. The van der Waals surface area contributed by atoms with E-state index in [0.29, 0.717) is 6.61 Å². The lowest BCUT2D eigenvalue weighted by atomic mass is 10.1. The van der Waals surface area contributed by atoms with Crippen LogP contribution in [0.5, 0.6) is 11.5 Å². The summed E-state index contributed by atoms with van der Waals surface area (Å²) in [7, 11) is 1.65. The Bertz CT molecular complexity index is 524. The molecular weight excluding hydrogens is 254 g/mol. The van der Waals surface area contributed by atoms with E-state index in [1.807, 2.05) is 35.9 Å². The molecule has 2 aromatic rings. The van der Waals surface area contributed by atoms with Gasteiger partial charge in [-0.1, -0.05) is 6.07 Å². The monoisotopic (exact) mass is 275 g/mol. The summed E-state index contributed by atoms with van der Waals surface area (Å²) in [6.07, 6.45) is 6.26. The second-order valence-electron chi connectivity index (χ2n) is 4.82. The second kappa shape index (κ2) is 6.96. The fraction of sp³-hybridized carbons (Fsp3) is 0.400. The molecule has 0 amide bonds. The van der Waals surface area contributed by atoms with E-state index in [1.165, 1.54) is 0 Å². The smallest absolute Gasteiger partial charge is 0.161 e. The van der Waals surface area contributed by atoms with E-state index in [1.54, 1.807) is 19.6 Å². The molecule has 0 aliphatic rings. The van der Waals surface area contributed by atoms with Crippen LogP contribution < -0.4 is 15.2 Å². The van der Waals surface area contributed by atoms with Crippen LogP contribution in [-0.4, -0.2) is 29.3 Å². The predicted molar refractivity (Wildman–Crippen MR) is 78.1 cm³/mol. The Morgan fingerprint density at radius 1 is 1.35 bits per heavy atom. The molecule has 0 saturated heterocycles. The molecule has 1 aromatic carbocycles. The molecule has 2 N–H and O–H groups in total. The molecule has 20 heavy (non-hydrogen) atoms. The first-order chi connectivity index (χ1) is 9.69. The van der Waals surface area contributed by atoms with E-state index in [-0.39, 0.29) is 6.04 Å². The highest BCUT2D eigenvalue weighted by Gasteiger charge is 2.07. The van der Waals surface area contributed by atoms with E-state index in [9.17, 15) is 0 Å². The first-order valence-corrected chi connectivity index (χ1v) is 6.70. The number of hydrogen-bond acceptors (Lipinski definition) is 4. The summed E-state index contributed by atoms with van der Waals surface area (Å²) in [4.78, 5) is 3.99. The van der Waals surface area contributed by atoms with Crippen molar-refractivity contribution in [3.63, 3.8) is 0 Å². The summed E-state index contributed by atoms with van der Waals surface area (Å²) >= 11 is 0. The van der Waals surface area contributed by atoms with Crippen molar-refractivity contribution in [3.05, 3.63) is 42.5 Å². The maximum absolute atomic E-state index is 5.81. The zero-order valence-corrected chi connectivity index (χ0v) is 12.0. The van der Waals surface area contributed by atoms with Gasteiger partial charge in [-0.25, -0.2) is 4.98 Å². The fourth-order valence-electron chi connectivity index (χ4n) is 2.01. The molecule has 1 unspecified atom stereocenters. The number of nitrogens with zero attached hydrogens (tertiary/aromatic N) is 2. The van der Waals surface area contributed by atoms with Crippen LogP contribution >= 0.6 is 0 Å². The zero-order chi connectivity index (χ0) is 14.4. The SMILES string of the molecule is COc1cc(CC(C)N)ccc1OCCn1ccnc1. The normalized spacial score (nSPS) is 12.2. The molecule has 1 aromatic heterocycles. The van der Waals surface area contributed by atoms with Crippen LogP contribution in [0.25, 0.3) is 0 Å². The van der Waals surface area contributed by atoms with Gasteiger partial charge in [-0.2, -0.15) is 0 Å². The molecule has 5 nitrogen and oxygen atoms in total. The predicted octanol–water partition coefficient (Wildman–Crippen LogP) is 1.86. The lowest BCUT2D eigenvalue weighted by Gasteiger charge is -2.13. The average molecular weight is 275 g/mol. The molecule has 5 heteroatoms. The zero-order valence-electron chi connectivity index (χ0n) is 12.0. The van der Waals surface area contributed by atoms with Gasteiger partial charge in [0.05, 0.1) is 20.0 Å². The van der Waals surface area contributed by atoms with Crippen molar-refractivity contribution in [3.8, 4) is 11.5 Å². The van der Waals surface area contributed by atoms with Gasteiger partial charge in [0.1, 0.15) is 6.61 Å². The number of aromatic nitrogens is 2. The summed E-state index contributed by atoms with van der Waals surface area (Å²) in [5, 5.41) is 0. The van der Waals surface area contributed by atoms with Gasteiger partial charge in [0, 0.05) is 18.4 Å². The molecule has 1 atom stereocenters. The molecule has 0 spiro atoms. The Morgan fingerprint density at radius 3 is 2.85 bits per heavy atom. The standard InChI is InChI=1S/C15H21N3O2/c1-12(16)9-13-3-4-14(15(10-13)19-2)20-8-7-18-6-5-17-11-18/h3-6,10-12H,7-9,16H2,1-2H3. The van der Waals surface area contributed by atoms with Crippen molar-refractivity contribution in [2.75, 3.05) is 13.7 Å². The van der Waals surface area contributed by atoms with Crippen LogP contribution in [0.1, 0.15) is 12.5 Å². The Morgan fingerprint density at radius 2 is 2.20 bits per heavy atom. The number of nitrogens with two attached hydrogens (primary N) is 1. The highest BCUT2D eigenvalue weighted by molar-refractivity contribution is 5.43. The van der Waals surface area contributed by atoms with E-state index in [2.05, 4.69) is 4.98 Å². The molecule has 0 radical (unpaired) electrons. The van der Waals surface area contributed by atoms with Gasteiger partial charge in [0.25, 0.3) is 0 Å².